The summed E-state index contributed by atoms with van der Waals surface area (Å²) in [6, 6.07) is 2.67. The summed E-state index contributed by atoms with van der Waals surface area (Å²) in [6.07, 6.45) is 0.185. The van der Waals surface area contributed by atoms with Crippen molar-refractivity contribution in [3.63, 3.8) is 0 Å². The molecule has 1 spiro atoms. The van der Waals surface area contributed by atoms with Crippen LogP contribution in [0.3, 0.4) is 0 Å². The molecule has 2 aromatic heterocycles. The number of carbonyl (C=O) groups excluding carboxylic acids is 1. The lowest BCUT2D eigenvalue weighted by Crippen LogP contribution is -2.40. The number of H-pyrrole nitrogens is 1. The van der Waals surface area contributed by atoms with Crippen molar-refractivity contribution in [2.24, 2.45) is 5.41 Å². The lowest BCUT2D eigenvalue weighted by atomic mass is 10.1. The number of carbonyl (C=O) groups is 1. The average molecular weight is 424 g/mol. The monoisotopic (exact) mass is 423 g/mol. The number of likely N-dealkylation sites (tertiary alicyclic amines) is 1. The second kappa shape index (κ2) is 6.09. The number of aromatic amines is 1. The Morgan fingerprint density at radius 2 is 2.17 bits per heavy atom. The van der Waals surface area contributed by atoms with Crippen LogP contribution in [-0.4, -0.2) is 61.5 Å². The zero-order valence-corrected chi connectivity index (χ0v) is 16.0. The summed E-state index contributed by atoms with van der Waals surface area (Å²) in [5.74, 6) is -2.75. The number of halogens is 3. The molecule has 1 amide bonds. The zero-order valence-electron chi connectivity index (χ0n) is 15.2. The van der Waals surface area contributed by atoms with Gasteiger partial charge in [0.05, 0.1) is 21.5 Å². The van der Waals surface area contributed by atoms with Crippen LogP contribution in [0.1, 0.15) is 19.8 Å². The second-order valence-corrected chi connectivity index (χ2v) is 7.99. The van der Waals surface area contributed by atoms with Crippen molar-refractivity contribution in [2.45, 2.75) is 31.7 Å². The molecule has 2 atom stereocenters. The summed E-state index contributed by atoms with van der Waals surface area (Å²) >= 11 is 6.08. The molecule has 152 valence electrons. The highest BCUT2D eigenvalue weighted by atomic mass is 35.5. The third kappa shape index (κ3) is 2.83. The highest BCUT2D eigenvalue weighted by molar-refractivity contribution is 6.35. The molecule has 3 aromatic rings. The second-order valence-electron chi connectivity index (χ2n) is 7.58. The van der Waals surface area contributed by atoms with Gasteiger partial charge in [-0.2, -0.15) is 0 Å². The maximum atomic E-state index is 13.5. The van der Waals surface area contributed by atoms with Gasteiger partial charge in [-0.15, -0.1) is 10.2 Å². The SMILES string of the molecule is CC(Nc1nnc(-c2ccc(Cl)c3nn[nH]c23)o1)C(=O)N1CCC2(C1)CC2(F)F. The first-order chi connectivity index (χ1) is 13.8. The average Bonchev–Trinajstić information content (AvgIpc) is 3.23. The van der Waals surface area contributed by atoms with E-state index < -0.39 is 17.4 Å². The molecule has 2 N–H and O–H groups in total. The van der Waals surface area contributed by atoms with Gasteiger partial charge >= 0.3 is 6.01 Å². The van der Waals surface area contributed by atoms with Crippen LogP contribution in [0.15, 0.2) is 16.5 Å². The lowest BCUT2D eigenvalue weighted by Gasteiger charge is -2.21. The molecule has 2 unspecified atom stereocenters. The van der Waals surface area contributed by atoms with E-state index in [0.717, 1.165) is 0 Å². The Balaban J connectivity index is 1.29. The van der Waals surface area contributed by atoms with Gasteiger partial charge in [0.1, 0.15) is 11.6 Å². The predicted octanol–water partition coefficient (Wildman–Crippen LogP) is 2.72. The minimum Gasteiger partial charge on any atom is -0.403 e. The fraction of sp³-hybridized carbons (Fsp3) is 0.471. The molecule has 5 rings (SSSR count). The molecule has 1 aromatic carbocycles. The summed E-state index contributed by atoms with van der Waals surface area (Å²) in [4.78, 5) is 14.1. The van der Waals surface area contributed by atoms with Gasteiger partial charge in [0.15, 0.2) is 0 Å². The molecular weight excluding hydrogens is 408 g/mol. The van der Waals surface area contributed by atoms with Gasteiger partial charge in [-0.25, -0.2) is 8.78 Å². The van der Waals surface area contributed by atoms with Crippen LogP contribution in [0.25, 0.3) is 22.5 Å². The molecule has 0 bridgehead atoms. The first-order valence-corrected chi connectivity index (χ1v) is 9.44. The van der Waals surface area contributed by atoms with Crippen molar-refractivity contribution in [1.82, 2.24) is 30.5 Å². The van der Waals surface area contributed by atoms with E-state index in [2.05, 4.69) is 30.9 Å². The van der Waals surface area contributed by atoms with Crippen LogP contribution in [0.4, 0.5) is 14.8 Å². The third-order valence-corrected chi connectivity index (χ3v) is 5.99. The molecular formula is C17H16ClF2N7O2. The molecule has 9 nitrogen and oxygen atoms in total. The Bertz CT molecular complexity index is 1120. The smallest absolute Gasteiger partial charge is 0.316 e. The highest BCUT2D eigenvalue weighted by Crippen LogP contribution is 2.65. The van der Waals surface area contributed by atoms with E-state index in [9.17, 15) is 13.6 Å². The van der Waals surface area contributed by atoms with E-state index >= 15 is 0 Å². The van der Waals surface area contributed by atoms with Crippen LogP contribution in [-0.2, 0) is 4.79 Å². The molecule has 1 saturated carbocycles. The summed E-state index contributed by atoms with van der Waals surface area (Å²) in [7, 11) is 0. The van der Waals surface area contributed by atoms with Gasteiger partial charge in [-0.3, -0.25) is 9.89 Å². The number of rotatable bonds is 4. The first-order valence-electron chi connectivity index (χ1n) is 9.06. The van der Waals surface area contributed by atoms with E-state index in [1.165, 1.54) is 4.90 Å². The van der Waals surface area contributed by atoms with Crippen LogP contribution < -0.4 is 5.32 Å². The van der Waals surface area contributed by atoms with Gasteiger partial charge in [-0.05, 0) is 25.5 Å². The summed E-state index contributed by atoms with van der Waals surface area (Å²) in [5, 5.41) is 21.5. The fourth-order valence-electron chi connectivity index (χ4n) is 3.88. The number of fused-ring (bicyclic) bond motifs is 1. The Kier molecular flexibility index (Phi) is 3.83. The fourth-order valence-corrected chi connectivity index (χ4v) is 4.07. The van der Waals surface area contributed by atoms with Crippen LogP contribution >= 0.6 is 11.6 Å². The minimum absolute atomic E-state index is 0.0436. The minimum atomic E-state index is -2.66. The number of benzene rings is 1. The lowest BCUT2D eigenvalue weighted by molar-refractivity contribution is -0.131. The quantitative estimate of drug-likeness (QED) is 0.663. The van der Waals surface area contributed by atoms with Gasteiger partial charge < -0.3 is 14.6 Å². The van der Waals surface area contributed by atoms with Gasteiger partial charge in [0.25, 0.3) is 11.8 Å². The molecule has 1 saturated heterocycles. The Morgan fingerprint density at radius 3 is 2.90 bits per heavy atom. The Morgan fingerprint density at radius 1 is 1.38 bits per heavy atom. The van der Waals surface area contributed by atoms with Crippen LogP contribution in [0.5, 0.6) is 0 Å². The molecule has 1 aliphatic carbocycles. The molecule has 0 radical (unpaired) electrons. The van der Waals surface area contributed by atoms with Crippen LogP contribution in [0, 0.1) is 5.41 Å². The topological polar surface area (TPSA) is 113 Å². The molecule has 29 heavy (non-hydrogen) atoms. The maximum absolute atomic E-state index is 13.5. The van der Waals surface area contributed by atoms with E-state index in [0.29, 0.717) is 34.6 Å². The van der Waals surface area contributed by atoms with Crippen LogP contribution in [0.2, 0.25) is 5.02 Å². The molecule has 2 fully saturated rings. The van der Waals surface area contributed by atoms with Crippen molar-refractivity contribution >= 4 is 34.6 Å². The Labute approximate surface area is 167 Å². The zero-order chi connectivity index (χ0) is 20.4. The number of nitrogens with zero attached hydrogens (tertiary/aromatic N) is 5. The molecule has 3 heterocycles. The van der Waals surface area contributed by atoms with E-state index in [4.69, 9.17) is 16.0 Å². The number of hydrogen-bond acceptors (Lipinski definition) is 7. The number of amides is 1. The van der Waals surface area contributed by atoms with Crippen molar-refractivity contribution in [2.75, 3.05) is 18.4 Å². The Hall–Kier alpha value is -2.82. The molecule has 2 aliphatic rings. The van der Waals surface area contributed by atoms with E-state index in [-0.39, 0.29) is 30.8 Å². The number of anilines is 1. The number of alkyl halides is 2. The van der Waals surface area contributed by atoms with Gasteiger partial charge in [0.2, 0.25) is 5.91 Å². The number of hydrogen-bond donors (Lipinski definition) is 2. The number of nitrogens with one attached hydrogen (secondary N) is 2. The summed E-state index contributed by atoms with van der Waals surface area (Å²) < 4.78 is 32.7. The van der Waals surface area contributed by atoms with Crippen molar-refractivity contribution < 1.29 is 18.0 Å². The van der Waals surface area contributed by atoms with E-state index in [1.54, 1.807) is 19.1 Å². The van der Waals surface area contributed by atoms with Crippen molar-refractivity contribution in [3.05, 3.63) is 17.2 Å². The number of aromatic nitrogens is 5. The summed E-state index contributed by atoms with van der Waals surface area (Å²) in [5.41, 5.74) is 0.550. The van der Waals surface area contributed by atoms with Gasteiger partial charge in [-0.1, -0.05) is 21.9 Å². The standard InChI is InChI=1S/C17H16ClF2N7O2/c1-8(14(28)27-5-4-16(7-27)6-17(16,19)20)21-15-25-24-13(29-15)9-2-3-10(18)12-11(9)22-26-23-12/h2-3,8H,4-7H2,1H3,(H,21,25)(H,22,23,26). The van der Waals surface area contributed by atoms with Crippen molar-refractivity contribution in [1.29, 1.82) is 0 Å². The molecule has 1 aliphatic heterocycles. The highest BCUT2D eigenvalue weighted by Gasteiger charge is 2.73. The first kappa shape index (κ1) is 18.2. The summed E-state index contributed by atoms with van der Waals surface area (Å²) in [6.45, 7) is 2.03. The van der Waals surface area contributed by atoms with Gasteiger partial charge in [0, 0.05) is 19.5 Å². The van der Waals surface area contributed by atoms with E-state index in [1.807, 2.05) is 0 Å². The largest absolute Gasteiger partial charge is 0.403 e. The van der Waals surface area contributed by atoms with Crippen molar-refractivity contribution in [3.8, 4) is 11.5 Å². The maximum Gasteiger partial charge on any atom is 0.316 e. The normalized spacial score (nSPS) is 23.7. The molecule has 12 heteroatoms. The third-order valence-electron chi connectivity index (χ3n) is 5.68. The predicted molar refractivity (Wildman–Crippen MR) is 98.5 cm³/mol.